The van der Waals surface area contributed by atoms with E-state index in [1.54, 1.807) is 30.1 Å². The van der Waals surface area contributed by atoms with Crippen LogP contribution in [-0.2, 0) is 11.3 Å². The van der Waals surface area contributed by atoms with Crippen LogP contribution in [0, 0.1) is 0 Å². The van der Waals surface area contributed by atoms with Gasteiger partial charge in [0.1, 0.15) is 0 Å². The van der Waals surface area contributed by atoms with Crippen molar-refractivity contribution in [2.75, 3.05) is 18.9 Å². The van der Waals surface area contributed by atoms with Crippen molar-refractivity contribution in [3.8, 4) is 0 Å². The maximum Gasteiger partial charge on any atom is 0.319 e. The Morgan fingerprint density at radius 1 is 1.08 bits per heavy atom. The molecule has 0 atom stereocenters. The van der Waals surface area contributed by atoms with Crippen molar-refractivity contribution in [3.63, 3.8) is 0 Å². The molecule has 5 nitrogen and oxygen atoms in total. The number of carbonyl (C=O) groups is 2. The zero-order valence-electron chi connectivity index (χ0n) is 13.5. The summed E-state index contributed by atoms with van der Waals surface area (Å²) in [5.41, 5.74) is 1.67. The number of rotatable bonds is 6. The summed E-state index contributed by atoms with van der Waals surface area (Å²) >= 11 is 5.93. The van der Waals surface area contributed by atoms with Gasteiger partial charge in [-0.05, 0) is 29.8 Å². The molecule has 0 spiro atoms. The third-order valence-corrected chi connectivity index (χ3v) is 3.63. The molecule has 0 unspecified atom stereocenters. The number of nitrogens with one attached hydrogen (secondary N) is 2. The molecule has 0 aliphatic carbocycles. The van der Waals surface area contributed by atoms with Crippen LogP contribution in [0.1, 0.15) is 12.0 Å². The maximum absolute atomic E-state index is 12.1. The predicted molar refractivity (Wildman–Crippen MR) is 96.0 cm³/mol. The summed E-state index contributed by atoms with van der Waals surface area (Å²) < 4.78 is 0. The summed E-state index contributed by atoms with van der Waals surface area (Å²) in [5, 5.41) is 6.02. The first-order chi connectivity index (χ1) is 11.5. The van der Waals surface area contributed by atoms with Gasteiger partial charge in [-0.1, -0.05) is 41.9 Å². The van der Waals surface area contributed by atoms with Gasteiger partial charge in [-0.25, -0.2) is 4.79 Å². The lowest BCUT2D eigenvalue weighted by Crippen LogP contribution is -2.34. The average Bonchev–Trinajstić information content (AvgIpc) is 2.55. The average molecular weight is 346 g/mol. The highest BCUT2D eigenvalue weighted by atomic mass is 35.5. The quantitative estimate of drug-likeness (QED) is 0.841. The number of anilines is 1. The SMILES string of the molecule is CN(Cc1cccc(Cl)c1)C(=O)CCNC(=O)Nc1ccccc1. The molecular weight excluding hydrogens is 326 g/mol. The van der Waals surface area contributed by atoms with Crippen LogP contribution < -0.4 is 10.6 Å². The molecule has 0 aromatic heterocycles. The molecule has 3 amide bonds. The third kappa shape index (κ3) is 5.93. The van der Waals surface area contributed by atoms with E-state index in [9.17, 15) is 9.59 Å². The Bertz CT molecular complexity index is 692. The van der Waals surface area contributed by atoms with E-state index in [0.717, 1.165) is 5.56 Å². The van der Waals surface area contributed by atoms with Gasteiger partial charge in [0, 0.05) is 37.3 Å². The molecule has 0 radical (unpaired) electrons. The molecular formula is C18H20ClN3O2. The molecule has 2 aromatic carbocycles. The number of benzene rings is 2. The topological polar surface area (TPSA) is 61.4 Å². The minimum absolute atomic E-state index is 0.0463. The van der Waals surface area contributed by atoms with E-state index in [4.69, 9.17) is 11.6 Å². The number of para-hydroxylation sites is 1. The van der Waals surface area contributed by atoms with Gasteiger partial charge < -0.3 is 15.5 Å². The van der Waals surface area contributed by atoms with Crippen LogP contribution in [-0.4, -0.2) is 30.4 Å². The Morgan fingerprint density at radius 2 is 1.83 bits per heavy atom. The molecule has 126 valence electrons. The Hall–Kier alpha value is -2.53. The summed E-state index contributed by atoms with van der Waals surface area (Å²) in [6, 6.07) is 16.2. The van der Waals surface area contributed by atoms with Gasteiger partial charge in [0.15, 0.2) is 0 Å². The van der Waals surface area contributed by atoms with E-state index >= 15 is 0 Å². The van der Waals surface area contributed by atoms with Crippen molar-refractivity contribution >= 4 is 29.2 Å². The van der Waals surface area contributed by atoms with Crippen molar-refractivity contribution < 1.29 is 9.59 Å². The fourth-order valence-electron chi connectivity index (χ4n) is 2.17. The molecule has 0 aliphatic rings. The molecule has 0 aliphatic heterocycles. The van der Waals surface area contributed by atoms with E-state index in [-0.39, 0.29) is 24.9 Å². The van der Waals surface area contributed by atoms with Gasteiger partial charge in [0.05, 0.1) is 0 Å². The molecule has 2 rings (SSSR count). The van der Waals surface area contributed by atoms with Crippen LogP contribution in [0.5, 0.6) is 0 Å². The van der Waals surface area contributed by atoms with Crippen LogP contribution in [0.3, 0.4) is 0 Å². The Kier molecular flexibility index (Phi) is 6.63. The highest BCUT2D eigenvalue weighted by Crippen LogP contribution is 2.12. The second-order valence-electron chi connectivity index (χ2n) is 5.38. The third-order valence-electron chi connectivity index (χ3n) is 3.39. The van der Waals surface area contributed by atoms with Gasteiger partial charge >= 0.3 is 6.03 Å². The first-order valence-electron chi connectivity index (χ1n) is 7.63. The van der Waals surface area contributed by atoms with E-state index in [1.807, 2.05) is 36.4 Å². The first-order valence-corrected chi connectivity index (χ1v) is 8.00. The monoisotopic (exact) mass is 345 g/mol. The lowest BCUT2D eigenvalue weighted by Gasteiger charge is -2.17. The molecule has 6 heteroatoms. The normalized spacial score (nSPS) is 10.1. The van der Waals surface area contributed by atoms with Crippen molar-refractivity contribution in [1.29, 1.82) is 0 Å². The van der Waals surface area contributed by atoms with Crippen LogP contribution in [0.2, 0.25) is 5.02 Å². The minimum Gasteiger partial charge on any atom is -0.341 e. The molecule has 0 saturated heterocycles. The van der Waals surface area contributed by atoms with Crippen LogP contribution in [0.15, 0.2) is 54.6 Å². The first kappa shape index (κ1) is 17.8. The Labute approximate surface area is 146 Å². The highest BCUT2D eigenvalue weighted by molar-refractivity contribution is 6.30. The summed E-state index contributed by atoms with van der Waals surface area (Å²) in [6.45, 7) is 0.757. The van der Waals surface area contributed by atoms with Crippen LogP contribution >= 0.6 is 11.6 Å². The summed E-state index contributed by atoms with van der Waals surface area (Å²) in [5.74, 6) is -0.0463. The Balaban J connectivity index is 1.71. The number of amides is 3. The van der Waals surface area contributed by atoms with Gasteiger partial charge in [-0.15, -0.1) is 0 Å². The number of hydrogen-bond acceptors (Lipinski definition) is 2. The summed E-state index contributed by atoms with van der Waals surface area (Å²) in [7, 11) is 1.73. The van der Waals surface area contributed by atoms with Gasteiger partial charge in [-0.3, -0.25) is 4.79 Å². The Morgan fingerprint density at radius 3 is 2.54 bits per heavy atom. The van der Waals surface area contributed by atoms with Gasteiger partial charge in [0.25, 0.3) is 0 Å². The minimum atomic E-state index is -0.327. The number of nitrogens with zero attached hydrogens (tertiary/aromatic N) is 1. The highest BCUT2D eigenvalue weighted by Gasteiger charge is 2.10. The fourth-order valence-corrected chi connectivity index (χ4v) is 2.38. The van der Waals surface area contributed by atoms with Crippen molar-refractivity contribution in [1.82, 2.24) is 10.2 Å². The van der Waals surface area contributed by atoms with E-state index < -0.39 is 0 Å². The zero-order valence-corrected chi connectivity index (χ0v) is 14.2. The molecule has 0 saturated carbocycles. The lowest BCUT2D eigenvalue weighted by atomic mass is 10.2. The standard InChI is InChI=1S/C18H20ClN3O2/c1-22(13-14-6-5-7-15(19)12-14)17(23)10-11-20-18(24)21-16-8-3-2-4-9-16/h2-9,12H,10-11,13H2,1H3,(H2,20,21,24). The number of urea groups is 1. The summed E-state index contributed by atoms with van der Waals surface area (Å²) in [4.78, 5) is 25.4. The second kappa shape index (κ2) is 8.93. The van der Waals surface area contributed by atoms with Gasteiger partial charge in [0.2, 0.25) is 5.91 Å². The van der Waals surface area contributed by atoms with Crippen molar-refractivity contribution in [3.05, 3.63) is 65.2 Å². The van der Waals surface area contributed by atoms with Crippen LogP contribution in [0.4, 0.5) is 10.5 Å². The van der Waals surface area contributed by atoms with Crippen molar-refractivity contribution in [2.24, 2.45) is 0 Å². The molecule has 24 heavy (non-hydrogen) atoms. The predicted octanol–water partition coefficient (Wildman–Crippen LogP) is 3.51. The fraction of sp³-hybridized carbons (Fsp3) is 0.222. The van der Waals surface area contributed by atoms with E-state index in [1.165, 1.54) is 0 Å². The molecule has 0 bridgehead atoms. The lowest BCUT2D eigenvalue weighted by molar-refractivity contribution is -0.130. The second-order valence-corrected chi connectivity index (χ2v) is 5.81. The molecule has 0 fully saturated rings. The number of carbonyl (C=O) groups excluding carboxylic acids is 2. The zero-order chi connectivity index (χ0) is 17.4. The van der Waals surface area contributed by atoms with Gasteiger partial charge in [-0.2, -0.15) is 0 Å². The number of hydrogen-bond donors (Lipinski definition) is 2. The largest absolute Gasteiger partial charge is 0.341 e. The van der Waals surface area contributed by atoms with E-state index in [2.05, 4.69) is 10.6 Å². The van der Waals surface area contributed by atoms with Crippen LogP contribution in [0.25, 0.3) is 0 Å². The number of halogens is 1. The maximum atomic E-state index is 12.1. The van der Waals surface area contributed by atoms with E-state index in [0.29, 0.717) is 17.3 Å². The molecule has 2 aromatic rings. The van der Waals surface area contributed by atoms with Crippen molar-refractivity contribution in [2.45, 2.75) is 13.0 Å². The smallest absolute Gasteiger partial charge is 0.319 e. The summed E-state index contributed by atoms with van der Waals surface area (Å²) in [6.07, 6.45) is 0.235. The molecule has 0 heterocycles. The molecule has 2 N–H and O–H groups in total.